The Morgan fingerprint density at radius 1 is 1.25 bits per heavy atom. The van der Waals surface area contributed by atoms with Gasteiger partial charge in [0.05, 0.1) is 12.1 Å². The van der Waals surface area contributed by atoms with Crippen LogP contribution >= 0.6 is 24.0 Å². The van der Waals surface area contributed by atoms with Crippen molar-refractivity contribution in [2.75, 3.05) is 31.1 Å². The Morgan fingerprint density at radius 3 is 2.47 bits per heavy atom. The highest BCUT2D eigenvalue weighted by atomic mass is 127. The summed E-state index contributed by atoms with van der Waals surface area (Å²) < 4.78 is 0. The van der Waals surface area contributed by atoms with Gasteiger partial charge in [-0.15, -0.1) is 24.0 Å². The number of hydrogen-bond donors (Lipinski definition) is 4. The first-order chi connectivity index (χ1) is 14.9. The number of aliphatic hydroxyl groups is 1. The van der Waals surface area contributed by atoms with E-state index in [0.29, 0.717) is 19.0 Å². The molecule has 9 heteroatoms. The normalized spacial score (nSPS) is 15.2. The molecule has 2 rings (SSSR count). The lowest BCUT2D eigenvalue weighted by Gasteiger charge is -2.32. The topological polar surface area (TPSA) is 116 Å². The Kier molecular flexibility index (Phi) is 12.9. The molecule has 1 amide bonds. The van der Waals surface area contributed by atoms with Crippen LogP contribution in [0.5, 0.6) is 0 Å². The number of rotatable bonds is 11. The third-order valence-corrected chi connectivity index (χ3v) is 5.83. The molecule has 0 saturated carbocycles. The van der Waals surface area contributed by atoms with Gasteiger partial charge in [-0.2, -0.15) is 0 Å². The van der Waals surface area contributed by atoms with E-state index in [1.807, 2.05) is 19.1 Å². The van der Waals surface area contributed by atoms with Gasteiger partial charge in [-0.1, -0.05) is 32.8 Å². The number of carbonyl (C=O) groups excluding carboxylic acids is 1. The van der Waals surface area contributed by atoms with Crippen LogP contribution < -0.4 is 21.3 Å². The average molecular weight is 561 g/mol. The van der Waals surface area contributed by atoms with E-state index in [0.717, 1.165) is 69.5 Å². The maximum absolute atomic E-state index is 11.5. The highest BCUT2D eigenvalue weighted by Crippen LogP contribution is 2.25. The molecule has 0 aliphatic carbocycles. The minimum absolute atomic E-state index is 0. The molecule has 5 N–H and O–H groups in total. The van der Waals surface area contributed by atoms with Gasteiger partial charge in [0.15, 0.2) is 5.96 Å². The van der Waals surface area contributed by atoms with Crippen LogP contribution in [0.4, 0.5) is 5.82 Å². The first-order valence-corrected chi connectivity index (χ1v) is 11.6. The largest absolute Gasteiger partial charge is 0.388 e. The number of amides is 1. The first-order valence-electron chi connectivity index (χ1n) is 11.6. The second kappa shape index (κ2) is 14.5. The molecule has 1 aliphatic rings. The maximum Gasteiger partial charge on any atom is 0.220 e. The van der Waals surface area contributed by atoms with Gasteiger partial charge >= 0.3 is 0 Å². The second-order valence-corrected chi connectivity index (χ2v) is 8.42. The Labute approximate surface area is 209 Å². The van der Waals surface area contributed by atoms with E-state index in [4.69, 9.17) is 10.7 Å². The van der Waals surface area contributed by atoms with E-state index < -0.39 is 5.60 Å². The molecule has 8 nitrogen and oxygen atoms in total. The number of halogens is 1. The minimum Gasteiger partial charge on any atom is -0.388 e. The lowest BCUT2D eigenvalue weighted by atomic mass is 9.93. The summed E-state index contributed by atoms with van der Waals surface area (Å²) in [6.07, 6.45) is 6.72. The fourth-order valence-electron chi connectivity index (χ4n) is 4.20. The molecule has 0 aromatic carbocycles. The number of aliphatic imine (C=N–C) groups is 1. The number of aromatic nitrogens is 1. The summed E-state index contributed by atoms with van der Waals surface area (Å²) in [6, 6.07) is 3.96. The third-order valence-electron chi connectivity index (χ3n) is 5.83. The summed E-state index contributed by atoms with van der Waals surface area (Å²) in [5.74, 6) is 1.35. The fourth-order valence-corrected chi connectivity index (χ4v) is 4.20. The van der Waals surface area contributed by atoms with E-state index in [1.165, 1.54) is 0 Å². The molecular formula is C23H41IN6O2. The number of piperidine rings is 1. The van der Waals surface area contributed by atoms with Crippen LogP contribution in [0.25, 0.3) is 0 Å². The van der Waals surface area contributed by atoms with Crippen LogP contribution in [0.15, 0.2) is 23.3 Å². The number of primary amides is 1. The van der Waals surface area contributed by atoms with E-state index in [-0.39, 0.29) is 35.8 Å². The second-order valence-electron chi connectivity index (χ2n) is 8.42. The van der Waals surface area contributed by atoms with Crippen LogP contribution in [0.1, 0.15) is 64.9 Å². The predicted molar refractivity (Wildman–Crippen MR) is 141 cm³/mol. The third kappa shape index (κ3) is 8.73. The number of pyridine rings is 1. The smallest absolute Gasteiger partial charge is 0.220 e. The van der Waals surface area contributed by atoms with Gasteiger partial charge < -0.3 is 26.4 Å². The minimum atomic E-state index is -0.718. The quantitative estimate of drug-likeness (QED) is 0.188. The number of hydrogen-bond acceptors (Lipinski definition) is 5. The number of anilines is 1. The zero-order valence-corrected chi connectivity index (χ0v) is 22.1. The van der Waals surface area contributed by atoms with Crippen LogP contribution in [-0.2, 0) is 11.3 Å². The zero-order valence-electron chi connectivity index (χ0n) is 19.8. The molecule has 0 atom stereocenters. The number of nitrogens with one attached hydrogen (secondary N) is 2. The Balaban J connectivity index is 0.00000512. The molecule has 0 unspecified atom stereocenters. The molecule has 32 heavy (non-hydrogen) atoms. The molecule has 0 radical (unpaired) electrons. The molecule has 0 bridgehead atoms. The van der Waals surface area contributed by atoms with E-state index >= 15 is 0 Å². The van der Waals surface area contributed by atoms with Crippen LogP contribution in [0, 0.1) is 5.92 Å². The van der Waals surface area contributed by atoms with Gasteiger partial charge in [0, 0.05) is 43.9 Å². The molecule has 2 heterocycles. The highest BCUT2D eigenvalue weighted by Gasteiger charge is 2.26. The molecule has 1 aromatic rings. The van der Waals surface area contributed by atoms with Crippen LogP contribution in [0.2, 0.25) is 0 Å². The van der Waals surface area contributed by atoms with Crippen molar-refractivity contribution in [3.8, 4) is 0 Å². The van der Waals surface area contributed by atoms with Crippen molar-refractivity contribution in [2.45, 2.75) is 71.4 Å². The molecular weight excluding hydrogens is 519 g/mol. The van der Waals surface area contributed by atoms with Crippen molar-refractivity contribution in [3.63, 3.8) is 0 Å². The summed E-state index contributed by atoms with van der Waals surface area (Å²) in [5, 5.41) is 17.5. The van der Waals surface area contributed by atoms with Crippen molar-refractivity contribution in [2.24, 2.45) is 16.6 Å². The number of nitrogens with two attached hydrogens (primary N) is 1. The van der Waals surface area contributed by atoms with Gasteiger partial charge in [-0.25, -0.2) is 9.98 Å². The van der Waals surface area contributed by atoms with Gasteiger partial charge in [0.1, 0.15) is 5.82 Å². The molecule has 1 aromatic heterocycles. The summed E-state index contributed by atoms with van der Waals surface area (Å²) in [4.78, 5) is 23.0. The number of nitrogens with zero attached hydrogens (tertiary/aromatic N) is 3. The van der Waals surface area contributed by atoms with E-state index in [1.54, 1.807) is 6.20 Å². The standard InChI is InChI=1S/C23H40N6O2.HI/c1-4-11-23(31,12-5-2)17-28-22(25-6-3)27-16-19-8-7-13-26-21(19)29-14-9-18(10-15-29)20(24)30;/h7-8,13,18,31H,4-6,9-12,14-17H2,1-3H3,(H2,24,30)(H2,25,27,28);1H. The Hall–Kier alpha value is -1.62. The van der Waals surface area contributed by atoms with Gasteiger partial charge in [-0.05, 0) is 38.7 Å². The van der Waals surface area contributed by atoms with Crippen molar-refractivity contribution >= 4 is 41.7 Å². The summed E-state index contributed by atoms with van der Waals surface area (Å²) in [6.45, 7) is 9.44. The summed E-state index contributed by atoms with van der Waals surface area (Å²) in [5.41, 5.74) is 5.78. The molecule has 0 spiro atoms. The van der Waals surface area contributed by atoms with Crippen molar-refractivity contribution < 1.29 is 9.90 Å². The van der Waals surface area contributed by atoms with Crippen molar-refractivity contribution in [3.05, 3.63) is 23.9 Å². The highest BCUT2D eigenvalue weighted by molar-refractivity contribution is 14.0. The van der Waals surface area contributed by atoms with Gasteiger partial charge in [0.2, 0.25) is 5.91 Å². The van der Waals surface area contributed by atoms with Gasteiger partial charge in [-0.3, -0.25) is 4.79 Å². The Bertz CT molecular complexity index is 716. The average Bonchev–Trinajstić information content (AvgIpc) is 2.76. The predicted octanol–water partition coefficient (Wildman–Crippen LogP) is 2.79. The molecule has 182 valence electrons. The van der Waals surface area contributed by atoms with Gasteiger partial charge in [0.25, 0.3) is 0 Å². The SMILES string of the molecule is CCCC(O)(CCC)CNC(=NCc1cccnc1N1CCC(C(N)=O)CC1)NCC.I. The summed E-state index contributed by atoms with van der Waals surface area (Å²) >= 11 is 0. The maximum atomic E-state index is 11.5. The summed E-state index contributed by atoms with van der Waals surface area (Å²) in [7, 11) is 0. The zero-order chi connectivity index (χ0) is 22.7. The van der Waals surface area contributed by atoms with Crippen molar-refractivity contribution in [1.82, 2.24) is 15.6 Å². The fraction of sp³-hybridized carbons (Fsp3) is 0.696. The van der Waals surface area contributed by atoms with Crippen LogP contribution in [-0.4, -0.2) is 53.7 Å². The Morgan fingerprint density at radius 2 is 1.91 bits per heavy atom. The number of carbonyl (C=O) groups is 1. The van der Waals surface area contributed by atoms with E-state index in [2.05, 4.69) is 34.4 Å². The van der Waals surface area contributed by atoms with E-state index in [9.17, 15) is 9.90 Å². The molecule has 1 saturated heterocycles. The van der Waals surface area contributed by atoms with Crippen molar-refractivity contribution in [1.29, 1.82) is 0 Å². The monoisotopic (exact) mass is 560 g/mol. The number of guanidine groups is 1. The lowest BCUT2D eigenvalue weighted by molar-refractivity contribution is -0.122. The lowest BCUT2D eigenvalue weighted by Crippen LogP contribution is -2.47. The molecule has 1 fully saturated rings. The molecule has 1 aliphatic heterocycles. The van der Waals surface area contributed by atoms with Crippen LogP contribution in [0.3, 0.4) is 0 Å². The first kappa shape index (κ1) is 28.4.